The molecule has 2 aromatic rings. The lowest BCUT2D eigenvalue weighted by Crippen LogP contribution is -2.38. The van der Waals surface area contributed by atoms with Crippen LogP contribution in [0.15, 0.2) is 35.5 Å². The molecule has 3 rings (SSSR count). The van der Waals surface area contributed by atoms with Gasteiger partial charge in [0.15, 0.2) is 5.96 Å². The summed E-state index contributed by atoms with van der Waals surface area (Å²) in [5.74, 6) is 1.04. The molecular weight excluding hydrogens is 370 g/mol. The smallest absolute Gasteiger partial charge is 0.226 e. The van der Waals surface area contributed by atoms with Crippen molar-refractivity contribution in [2.45, 2.75) is 46.1 Å². The number of aryl methyl sites for hydroxylation is 1. The van der Waals surface area contributed by atoms with Gasteiger partial charge in [-0.1, -0.05) is 12.1 Å². The second-order valence-corrected chi connectivity index (χ2v) is 8.22. The van der Waals surface area contributed by atoms with Crippen molar-refractivity contribution in [2.75, 3.05) is 24.5 Å². The number of nitrogens with one attached hydrogen (secondary N) is 2. The van der Waals surface area contributed by atoms with Crippen LogP contribution in [0.3, 0.4) is 0 Å². The third-order valence-electron chi connectivity index (χ3n) is 4.64. The minimum absolute atomic E-state index is 0.228. The molecule has 1 aromatic heterocycles. The van der Waals surface area contributed by atoms with E-state index in [0.717, 1.165) is 61.1 Å². The zero-order valence-electron chi connectivity index (χ0n) is 16.7. The number of aromatic nitrogens is 1. The second kappa shape index (κ2) is 10.2. The first-order valence-electron chi connectivity index (χ1n) is 9.98. The molecule has 1 saturated heterocycles. The van der Waals surface area contributed by atoms with Crippen molar-refractivity contribution in [3.63, 3.8) is 0 Å². The van der Waals surface area contributed by atoms with Crippen molar-refractivity contribution in [3.05, 3.63) is 45.9 Å². The Morgan fingerprint density at radius 3 is 2.75 bits per heavy atom. The van der Waals surface area contributed by atoms with Crippen LogP contribution in [0.2, 0.25) is 0 Å². The number of hydrogen-bond acceptors (Lipinski definition) is 4. The van der Waals surface area contributed by atoms with Crippen LogP contribution in [0.4, 0.5) is 5.69 Å². The van der Waals surface area contributed by atoms with E-state index in [2.05, 4.69) is 46.6 Å². The molecule has 0 saturated carbocycles. The summed E-state index contributed by atoms with van der Waals surface area (Å²) in [7, 11) is 0. The summed E-state index contributed by atoms with van der Waals surface area (Å²) in [5, 5.41) is 7.79. The quantitative estimate of drug-likeness (QED) is 0.554. The van der Waals surface area contributed by atoms with Crippen LogP contribution in [0.25, 0.3) is 0 Å². The molecule has 0 aliphatic carbocycles. The number of thiazole rings is 1. The average molecular weight is 400 g/mol. The molecule has 1 fully saturated rings. The molecule has 1 aromatic carbocycles. The van der Waals surface area contributed by atoms with Gasteiger partial charge in [0.2, 0.25) is 5.91 Å². The van der Waals surface area contributed by atoms with Gasteiger partial charge in [-0.2, -0.15) is 0 Å². The van der Waals surface area contributed by atoms with Crippen LogP contribution in [0, 0.1) is 6.92 Å². The van der Waals surface area contributed by atoms with E-state index in [-0.39, 0.29) is 5.91 Å². The maximum absolute atomic E-state index is 12.1. The van der Waals surface area contributed by atoms with Gasteiger partial charge in [-0.05, 0) is 44.4 Å². The lowest BCUT2D eigenvalue weighted by atomic mass is 10.1. The van der Waals surface area contributed by atoms with E-state index in [9.17, 15) is 4.79 Å². The van der Waals surface area contributed by atoms with Crippen LogP contribution < -0.4 is 15.5 Å². The number of nitrogens with zero attached hydrogens (tertiary/aromatic N) is 3. The van der Waals surface area contributed by atoms with E-state index in [1.165, 1.54) is 4.88 Å². The first kappa shape index (κ1) is 20.3. The first-order valence-corrected chi connectivity index (χ1v) is 10.8. The Labute approximate surface area is 171 Å². The number of hydrogen-bond donors (Lipinski definition) is 2. The van der Waals surface area contributed by atoms with E-state index in [0.29, 0.717) is 13.0 Å². The van der Waals surface area contributed by atoms with Crippen molar-refractivity contribution < 1.29 is 4.79 Å². The molecule has 28 heavy (non-hydrogen) atoms. The summed E-state index contributed by atoms with van der Waals surface area (Å²) in [4.78, 5) is 24.3. The molecule has 7 heteroatoms. The molecule has 1 amide bonds. The van der Waals surface area contributed by atoms with Crippen molar-refractivity contribution in [1.29, 1.82) is 0 Å². The monoisotopic (exact) mass is 399 g/mol. The van der Waals surface area contributed by atoms with E-state index in [4.69, 9.17) is 0 Å². The minimum Gasteiger partial charge on any atom is -0.357 e. The number of guanidine groups is 1. The molecule has 0 radical (unpaired) electrons. The van der Waals surface area contributed by atoms with Gasteiger partial charge in [-0.15, -0.1) is 11.3 Å². The van der Waals surface area contributed by atoms with Crippen molar-refractivity contribution in [3.8, 4) is 0 Å². The highest BCUT2D eigenvalue weighted by molar-refractivity contribution is 7.11. The van der Waals surface area contributed by atoms with E-state index in [1.807, 2.05) is 23.2 Å². The van der Waals surface area contributed by atoms with Gasteiger partial charge in [0.1, 0.15) is 0 Å². The average Bonchev–Trinajstić information content (AvgIpc) is 3.12. The zero-order valence-corrected chi connectivity index (χ0v) is 17.5. The lowest BCUT2D eigenvalue weighted by Gasteiger charge is -2.26. The Bertz CT molecular complexity index is 799. The first-order chi connectivity index (χ1) is 13.7. The number of anilines is 1. The maximum atomic E-state index is 12.1. The fourth-order valence-corrected chi connectivity index (χ4v) is 3.96. The Hall–Kier alpha value is -2.41. The number of piperidine rings is 1. The molecule has 1 aliphatic rings. The normalized spacial score (nSPS) is 15.0. The predicted molar refractivity (Wildman–Crippen MR) is 116 cm³/mol. The highest BCUT2D eigenvalue weighted by Gasteiger charge is 2.19. The van der Waals surface area contributed by atoms with Crippen molar-refractivity contribution in [2.24, 2.45) is 4.99 Å². The molecule has 0 spiro atoms. The summed E-state index contributed by atoms with van der Waals surface area (Å²) >= 11 is 1.74. The van der Waals surface area contributed by atoms with Gasteiger partial charge in [0.05, 0.1) is 11.6 Å². The Kier molecular flexibility index (Phi) is 7.42. The van der Waals surface area contributed by atoms with Gasteiger partial charge in [-0.25, -0.2) is 9.98 Å². The van der Waals surface area contributed by atoms with E-state index >= 15 is 0 Å². The molecular formula is C21H29N5OS. The van der Waals surface area contributed by atoms with Crippen LogP contribution in [-0.4, -0.2) is 36.5 Å². The number of carbonyl (C=O) groups excluding carboxylic acids is 1. The molecule has 0 atom stereocenters. The summed E-state index contributed by atoms with van der Waals surface area (Å²) in [6, 6.07) is 8.17. The largest absolute Gasteiger partial charge is 0.357 e. The summed E-state index contributed by atoms with van der Waals surface area (Å²) in [6.45, 7) is 7.18. The van der Waals surface area contributed by atoms with Crippen molar-refractivity contribution >= 4 is 28.9 Å². The Morgan fingerprint density at radius 2 is 2.07 bits per heavy atom. The van der Waals surface area contributed by atoms with Crippen molar-refractivity contribution in [1.82, 2.24) is 15.6 Å². The third-order valence-corrected chi connectivity index (χ3v) is 5.61. The number of rotatable bonds is 7. The van der Waals surface area contributed by atoms with E-state index < -0.39 is 0 Å². The minimum atomic E-state index is 0.228. The number of benzene rings is 1. The Balaban J connectivity index is 1.53. The number of amides is 1. The molecule has 1 aliphatic heterocycles. The number of aliphatic imine (C=N–C) groups is 1. The lowest BCUT2D eigenvalue weighted by molar-refractivity contribution is -0.119. The van der Waals surface area contributed by atoms with Gasteiger partial charge in [-0.3, -0.25) is 4.79 Å². The molecule has 2 N–H and O–H groups in total. The highest BCUT2D eigenvalue weighted by atomic mass is 32.1. The zero-order chi connectivity index (χ0) is 19.8. The maximum Gasteiger partial charge on any atom is 0.226 e. The fourth-order valence-electron chi connectivity index (χ4n) is 3.18. The summed E-state index contributed by atoms with van der Waals surface area (Å²) in [6.07, 6.45) is 5.55. The van der Waals surface area contributed by atoms with Crippen LogP contribution in [0.5, 0.6) is 0 Å². The molecule has 150 valence electrons. The third kappa shape index (κ3) is 5.79. The predicted octanol–water partition coefficient (Wildman–Crippen LogP) is 3.27. The molecule has 2 heterocycles. The second-order valence-electron chi connectivity index (χ2n) is 6.91. The fraction of sp³-hybridized carbons (Fsp3) is 0.476. The van der Waals surface area contributed by atoms with Crippen LogP contribution >= 0.6 is 11.3 Å². The molecule has 0 bridgehead atoms. The number of carbonyl (C=O) groups is 1. The Morgan fingerprint density at radius 1 is 1.25 bits per heavy atom. The summed E-state index contributed by atoms with van der Waals surface area (Å²) in [5.41, 5.74) is 2.11. The molecule has 6 nitrogen and oxygen atoms in total. The molecule has 0 unspecified atom stereocenters. The topological polar surface area (TPSA) is 69.6 Å². The standard InChI is InChI=1S/C21H29N5OS/c1-3-22-21(23-12-11-19-24-14-16(2)28-19)25-15-17-7-9-18(10-8-17)26-13-5-4-6-20(26)27/h7-10,14H,3-6,11-13,15H2,1-2H3,(H2,22,23,25). The summed E-state index contributed by atoms with van der Waals surface area (Å²) < 4.78 is 0. The highest BCUT2D eigenvalue weighted by Crippen LogP contribution is 2.21. The van der Waals surface area contributed by atoms with Crippen LogP contribution in [0.1, 0.15) is 41.6 Å². The van der Waals surface area contributed by atoms with Gasteiger partial charge in [0, 0.05) is 49.2 Å². The van der Waals surface area contributed by atoms with E-state index in [1.54, 1.807) is 11.3 Å². The van der Waals surface area contributed by atoms with Gasteiger partial charge in [0.25, 0.3) is 0 Å². The van der Waals surface area contributed by atoms with Gasteiger partial charge < -0.3 is 15.5 Å². The van der Waals surface area contributed by atoms with Gasteiger partial charge >= 0.3 is 0 Å². The SMILES string of the molecule is CCNC(=NCc1ccc(N2CCCCC2=O)cc1)NCCc1ncc(C)s1. The van der Waals surface area contributed by atoms with Crippen LogP contribution in [-0.2, 0) is 17.8 Å².